The van der Waals surface area contributed by atoms with Crippen LogP contribution >= 0.6 is 22.7 Å². The van der Waals surface area contributed by atoms with Gasteiger partial charge in [-0.25, -0.2) is 18.2 Å². The van der Waals surface area contributed by atoms with Gasteiger partial charge in [-0.1, -0.05) is 12.1 Å². The highest BCUT2D eigenvalue weighted by molar-refractivity contribution is 7.94. The highest BCUT2D eigenvalue weighted by Crippen LogP contribution is 2.33. The number of anilines is 1. The molecule has 1 unspecified atom stereocenters. The van der Waals surface area contributed by atoms with Crippen LogP contribution < -0.4 is 15.4 Å². The van der Waals surface area contributed by atoms with E-state index < -0.39 is 27.5 Å². The van der Waals surface area contributed by atoms with Crippen molar-refractivity contribution in [2.75, 3.05) is 4.72 Å². The number of urea groups is 1. The minimum Gasteiger partial charge on any atom is -0.320 e. The van der Waals surface area contributed by atoms with Gasteiger partial charge in [-0.15, -0.1) is 22.7 Å². The fourth-order valence-electron chi connectivity index (χ4n) is 2.92. The fraction of sp³-hybridized carbons (Fsp3) is 0.167. The average Bonchev–Trinajstić information content (AvgIpc) is 3.35. The molecule has 4 rings (SSSR count). The number of benzene rings is 1. The number of carbonyl (C=O) groups excluding carboxylic acids is 2. The molecule has 0 radical (unpaired) electrons. The normalized spacial score (nSPS) is 19.1. The Morgan fingerprint density at radius 3 is 2.62 bits per heavy atom. The molecule has 3 amide bonds. The molecule has 29 heavy (non-hydrogen) atoms. The second-order valence-electron chi connectivity index (χ2n) is 6.59. The van der Waals surface area contributed by atoms with Gasteiger partial charge in [0.15, 0.2) is 0 Å². The number of thiazole rings is 1. The first kappa shape index (κ1) is 19.6. The molecule has 0 spiro atoms. The minimum atomic E-state index is -3.82. The van der Waals surface area contributed by atoms with Crippen molar-refractivity contribution in [1.82, 2.24) is 15.6 Å². The summed E-state index contributed by atoms with van der Waals surface area (Å²) in [6.45, 7) is 3.45. The lowest BCUT2D eigenvalue weighted by molar-refractivity contribution is -0.123. The van der Waals surface area contributed by atoms with E-state index in [4.69, 9.17) is 0 Å². The van der Waals surface area contributed by atoms with E-state index in [1.54, 1.807) is 31.2 Å². The number of nitrogens with zero attached hydrogens (tertiary/aromatic N) is 1. The van der Waals surface area contributed by atoms with Gasteiger partial charge in [0, 0.05) is 11.1 Å². The Morgan fingerprint density at radius 2 is 1.97 bits per heavy atom. The first-order valence-corrected chi connectivity index (χ1v) is 11.6. The number of rotatable bonds is 5. The number of aromatic nitrogens is 1. The van der Waals surface area contributed by atoms with Crippen molar-refractivity contribution in [3.8, 4) is 10.6 Å². The first-order valence-electron chi connectivity index (χ1n) is 8.47. The molecule has 2 aromatic heterocycles. The van der Waals surface area contributed by atoms with Gasteiger partial charge in [0.1, 0.15) is 9.75 Å². The number of sulfonamides is 1. The van der Waals surface area contributed by atoms with Crippen LogP contribution in [0, 0.1) is 6.92 Å². The van der Waals surface area contributed by atoms with Gasteiger partial charge in [0.2, 0.25) is 0 Å². The molecule has 0 saturated carbocycles. The topological polar surface area (TPSA) is 117 Å². The van der Waals surface area contributed by atoms with E-state index in [2.05, 4.69) is 20.3 Å². The Bertz CT molecular complexity index is 1230. The maximum Gasteiger partial charge on any atom is 0.322 e. The van der Waals surface area contributed by atoms with Crippen LogP contribution in [0.1, 0.15) is 17.5 Å². The molecule has 3 N–H and O–H groups in total. The molecular weight excluding hydrogens is 432 g/mol. The number of aryl methyl sites for hydroxylation is 1. The molecule has 3 aromatic rings. The molecule has 3 heterocycles. The van der Waals surface area contributed by atoms with Crippen LogP contribution in [0.15, 0.2) is 46.0 Å². The average molecular weight is 449 g/mol. The highest BCUT2D eigenvalue weighted by atomic mass is 32.2. The lowest BCUT2D eigenvalue weighted by Gasteiger charge is -2.21. The summed E-state index contributed by atoms with van der Waals surface area (Å²) in [5.41, 5.74) is 0.233. The smallest absolute Gasteiger partial charge is 0.320 e. The molecule has 1 saturated heterocycles. The van der Waals surface area contributed by atoms with E-state index in [1.165, 1.54) is 23.5 Å². The van der Waals surface area contributed by atoms with Crippen molar-refractivity contribution in [1.29, 1.82) is 0 Å². The van der Waals surface area contributed by atoms with E-state index in [9.17, 15) is 18.0 Å². The van der Waals surface area contributed by atoms with Crippen molar-refractivity contribution in [3.63, 3.8) is 0 Å². The van der Waals surface area contributed by atoms with Gasteiger partial charge >= 0.3 is 6.03 Å². The fourth-order valence-corrected chi connectivity index (χ4v) is 5.93. The molecule has 11 heteroatoms. The standard InChI is InChI=1S/C18H16N4O4S3/c1-10-19-13(9-27-10)14-6-7-15(28-14)29(25,26)22-12-5-3-4-11(8-12)18(2)16(23)20-17(24)21-18/h3-9,22H,1-2H3,(H2,20,21,23,24). The van der Waals surface area contributed by atoms with Crippen LogP contribution in [-0.4, -0.2) is 25.3 Å². The number of thiophene rings is 1. The molecular formula is C18H16N4O4S3. The summed E-state index contributed by atoms with van der Waals surface area (Å²) in [6, 6.07) is 9.05. The molecule has 1 aliphatic heterocycles. The van der Waals surface area contributed by atoms with Gasteiger partial charge in [-0.2, -0.15) is 0 Å². The van der Waals surface area contributed by atoms with Crippen LogP contribution in [-0.2, 0) is 20.4 Å². The monoisotopic (exact) mass is 448 g/mol. The van der Waals surface area contributed by atoms with Crippen LogP contribution in [0.25, 0.3) is 10.6 Å². The Balaban J connectivity index is 1.60. The summed E-state index contributed by atoms with van der Waals surface area (Å²) < 4.78 is 28.3. The van der Waals surface area contributed by atoms with Gasteiger partial charge in [0.05, 0.1) is 15.6 Å². The molecule has 1 aliphatic rings. The number of imide groups is 1. The van der Waals surface area contributed by atoms with E-state index in [-0.39, 0.29) is 9.90 Å². The van der Waals surface area contributed by atoms with Crippen LogP contribution in [0.2, 0.25) is 0 Å². The van der Waals surface area contributed by atoms with Gasteiger partial charge < -0.3 is 5.32 Å². The predicted molar refractivity (Wildman–Crippen MR) is 111 cm³/mol. The third-order valence-electron chi connectivity index (χ3n) is 4.45. The molecule has 8 nitrogen and oxygen atoms in total. The van der Waals surface area contributed by atoms with E-state index in [0.717, 1.165) is 26.9 Å². The summed E-state index contributed by atoms with van der Waals surface area (Å²) in [5, 5.41) is 7.54. The van der Waals surface area contributed by atoms with E-state index in [0.29, 0.717) is 5.56 Å². The summed E-state index contributed by atoms with van der Waals surface area (Å²) in [5.74, 6) is -0.496. The molecule has 0 bridgehead atoms. The van der Waals surface area contributed by atoms with Crippen molar-refractivity contribution in [3.05, 3.63) is 52.3 Å². The number of hydrogen-bond acceptors (Lipinski definition) is 7. The van der Waals surface area contributed by atoms with Crippen molar-refractivity contribution in [2.24, 2.45) is 0 Å². The van der Waals surface area contributed by atoms with Gasteiger partial charge in [-0.05, 0) is 43.7 Å². The van der Waals surface area contributed by atoms with Crippen molar-refractivity contribution < 1.29 is 18.0 Å². The third kappa shape index (κ3) is 3.63. The zero-order valence-electron chi connectivity index (χ0n) is 15.3. The molecule has 1 aromatic carbocycles. The van der Waals surface area contributed by atoms with E-state index >= 15 is 0 Å². The zero-order chi connectivity index (χ0) is 20.8. The Hall–Kier alpha value is -2.76. The van der Waals surface area contributed by atoms with Gasteiger partial charge in [-0.3, -0.25) is 14.8 Å². The van der Waals surface area contributed by atoms with Crippen LogP contribution in [0.3, 0.4) is 0 Å². The van der Waals surface area contributed by atoms with Crippen LogP contribution in [0.5, 0.6) is 0 Å². The second-order valence-corrected chi connectivity index (χ2v) is 10.6. The quantitative estimate of drug-likeness (QED) is 0.519. The molecule has 1 fully saturated rings. The third-order valence-corrected chi connectivity index (χ3v) is 8.21. The summed E-state index contributed by atoms with van der Waals surface area (Å²) in [6.07, 6.45) is 0. The molecule has 0 aliphatic carbocycles. The number of amides is 3. The summed E-state index contributed by atoms with van der Waals surface area (Å²) in [7, 11) is -3.82. The Kier molecular flexibility index (Phi) is 4.68. The van der Waals surface area contributed by atoms with Gasteiger partial charge in [0.25, 0.3) is 15.9 Å². The van der Waals surface area contributed by atoms with Crippen LogP contribution in [0.4, 0.5) is 10.5 Å². The Morgan fingerprint density at radius 1 is 1.17 bits per heavy atom. The van der Waals surface area contributed by atoms with Crippen molar-refractivity contribution in [2.45, 2.75) is 23.6 Å². The maximum absolute atomic E-state index is 12.8. The van der Waals surface area contributed by atoms with Crippen molar-refractivity contribution >= 4 is 50.3 Å². The predicted octanol–water partition coefficient (Wildman–Crippen LogP) is 3.04. The number of hydrogen-bond donors (Lipinski definition) is 3. The lowest BCUT2D eigenvalue weighted by atomic mass is 9.92. The SMILES string of the molecule is Cc1nc(-c2ccc(S(=O)(=O)Nc3cccc(C4(C)NC(=O)NC4=O)c3)s2)cs1. The second kappa shape index (κ2) is 6.94. The largest absolute Gasteiger partial charge is 0.322 e. The number of carbonyl (C=O) groups is 2. The zero-order valence-corrected chi connectivity index (χ0v) is 17.8. The maximum atomic E-state index is 12.8. The first-order chi connectivity index (χ1) is 13.7. The lowest BCUT2D eigenvalue weighted by Crippen LogP contribution is -2.40. The Labute approximate surface area is 175 Å². The molecule has 1 atom stereocenters. The number of nitrogens with one attached hydrogen (secondary N) is 3. The van der Waals surface area contributed by atoms with E-state index in [1.807, 2.05) is 12.3 Å². The highest BCUT2D eigenvalue weighted by Gasteiger charge is 2.43. The summed E-state index contributed by atoms with van der Waals surface area (Å²) >= 11 is 2.63. The minimum absolute atomic E-state index is 0.154. The summed E-state index contributed by atoms with van der Waals surface area (Å²) in [4.78, 5) is 28.8. The molecule has 150 valence electrons.